The molecular weight excluding hydrogens is 248 g/mol. The molecule has 0 aromatic heterocycles. The van der Waals surface area contributed by atoms with Crippen LogP contribution in [0.1, 0.15) is 37.8 Å². The fraction of sp³-hybridized carbons (Fsp3) is 0.600. The van der Waals surface area contributed by atoms with Gasteiger partial charge in [-0.2, -0.15) is 0 Å². The van der Waals surface area contributed by atoms with Crippen LogP contribution in [0, 0.1) is 17.0 Å². The van der Waals surface area contributed by atoms with E-state index in [-0.39, 0.29) is 6.04 Å². The predicted octanol–water partition coefficient (Wildman–Crippen LogP) is 3.43. The van der Waals surface area contributed by atoms with Gasteiger partial charge in [0.15, 0.2) is 0 Å². The molecule has 0 bridgehead atoms. The third-order valence-corrected chi connectivity index (χ3v) is 4.01. The van der Waals surface area contributed by atoms with Crippen molar-refractivity contribution in [2.75, 3.05) is 20.3 Å². The highest BCUT2D eigenvalue weighted by Crippen LogP contribution is 2.48. The molecule has 106 valence electrons. The van der Waals surface area contributed by atoms with Crippen molar-refractivity contribution < 1.29 is 13.5 Å². The molecule has 0 spiro atoms. The summed E-state index contributed by atoms with van der Waals surface area (Å²) in [5.41, 5.74) is 0.838. The number of ether oxygens (including phenoxy) is 1. The monoisotopic (exact) mass is 269 g/mol. The molecule has 0 saturated heterocycles. The first-order chi connectivity index (χ1) is 9.06. The third kappa shape index (κ3) is 3.74. The average Bonchev–Trinajstić information content (AvgIpc) is 3.14. The minimum absolute atomic E-state index is 0.111. The van der Waals surface area contributed by atoms with Gasteiger partial charge in [0.05, 0.1) is 0 Å². The number of nitrogens with one attached hydrogen (secondary N) is 1. The van der Waals surface area contributed by atoms with E-state index in [1.807, 2.05) is 6.92 Å². The van der Waals surface area contributed by atoms with E-state index in [9.17, 15) is 8.78 Å². The van der Waals surface area contributed by atoms with Crippen LogP contribution >= 0.6 is 0 Å². The normalized spacial score (nSPS) is 18.3. The Bertz CT molecular complexity index is 432. The minimum Gasteiger partial charge on any atom is -0.385 e. The molecule has 0 aliphatic heterocycles. The molecule has 2 rings (SSSR count). The van der Waals surface area contributed by atoms with Crippen LogP contribution in [0.25, 0.3) is 0 Å². The van der Waals surface area contributed by atoms with E-state index in [1.165, 1.54) is 25.0 Å². The van der Waals surface area contributed by atoms with Crippen LogP contribution in [0.3, 0.4) is 0 Å². The molecule has 1 saturated carbocycles. The summed E-state index contributed by atoms with van der Waals surface area (Å²) in [6.45, 7) is 3.53. The van der Waals surface area contributed by atoms with Crippen LogP contribution in [0.15, 0.2) is 18.2 Å². The number of benzene rings is 1. The van der Waals surface area contributed by atoms with Crippen molar-refractivity contribution in [3.63, 3.8) is 0 Å². The van der Waals surface area contributed by atoms with Crippen molar-refractivity contribution in [3.05, 3.63) is 35.4 Å². The zero-order valence-corrected chi connectivity index (χ0v) is 11.5. The Labute approximate surface area is 113 Å². The van der Waals surface area contributed by atoms with Gasteiger partial charge in [-0.15, -0.1) is 0 Å². The van der Waals surface area contributed by atoms with Crippen LogP contribution in [-0.2, 0) is 4.74 Å². The lowest BCUT2D eigenvalue weighted by molar-refractivity contribution is 0.170. The van der Waals surface area contributed by atoms with E-state index in [0.29, 0.717) is 11.0 Å². The zero-order valence-electron chi connectivity index (χ0n) is 11.5. The quantitative estimate of drug-likeness (QED) is 0.818. The van der Waals surface area contributed by atoms with Gasteiger partial charge in [0.1, 0.15) is 11.6 Å². The first-order valence-electron chi connectivity index (χ1n) is 6.74. The molecule has 1 aliphatic rings. The van der Waals surface area contributed by atoms with Crippen molar-refractivity contribution in [1.29, 1.82) is 0 Å². The van der Waals surface area contributed by atoms with E-state index < -0.39 is 11.6 Å². The van der Waals surface area contributed by atoms with Crippen LogP contribution in [0.5, 0.6) is 0 Å². The Hall–Kier alpha value is -1.00. The van der Waals surface area contributed by atoms with Gasteiger partial charge in [-0.05, 0) is 37.7 Å². The van der Waals surface area contributed by atoms with E-state index in [2.05, 4.69) is 5.32 Å². The van der Waals surface area contributed by atoms with Gasteiger partial charge in [0.2, 0.25) is 0 Å². The maximum Gasteiger partial charge on any atom is 0.130 e. The van der Waals surface area contributed by atoms with E-state index >= 15 is 0 Å². The first kappa shape index (κ1) is 14.4. The van der Waals surface area contributed by atoms with Crippen molar-refractivity contribution in [1.82, 2.24) is 5.32 Å². The summed E-state index contributed by atoms with van der Waals surface area (Å²) in [6, 6.07) is 3.64. The Kier molecular flexibility index (Phi) is 4.53. The van der Waals surface area contributed by atoms with Crippen molar-refractivity contribution >= 4 is 0 Å². The van der Waals surface area contributed by atoms with Gasteiger partial charge in [-0.1, -0.05) is 6.07 Å². The molecule has 0 amide bonds. The van der Waals surface area contributed by atoms with E-state index in [1.54, 1.807) is 7.11 Å². The summed E-state index contributed by atoms with van der Waals surface area (Å²) in [5.74, 6) is -1.02. The van der Waals surface area contributed by atoms with Gasteiger partial charge in [-0.3, -0.25) is 0 Å². The maximum atomic E-state index is 13.6. The van der Waals surface area contributed by atoms with Crippen LogP contribution in [-0.4, -0.2) is 20.3 Å². The van der Waals surface area contributed by atoms with Crippen LogP contribution in [0.2, 0.25) is 0 Å². The Balaban J connectivity index is 1.89. The highest BCUT2D eigenvalue weighted by molar-refractivity contribution is 5.21. The van der Waals surface area contributed by atoms with Gasteiger partial charge in [-0.25, -0.2) is 8.78 Å². The van der Waals surface area contributed by atoms with E-state index in [4.69, 9.17) is 4.74 Å². The standard InChI is InChI=1S/C15H21F2NO/c1-11(13-4-3-12(16)9-14(13)17)18-10-15(5-6-15)7-8-19-2/h3-4,9,11,18H,5-8,10H2,1-2H3. The molecule has 19 heavy (non-hydrogen) atoms. The third-order valence-electron chi connectivity index (χ3n) is 4.01. The minimum atomic E-state index is -0.535. The van der Waals surface area contributed by atoms with E-state index in [0.717, 1.165) is 25.6 Å². The largest absolute Gasteiger partial charge is 0.385 e. The summed E-state index contributed by atoms with van der Waals surface area (Å²) in [4.78, 5) is 0. The van der Waals surface area contributed by atoms with Crippen LogP contribution in [0.4, 0.5) is 8.78 Å². The molecule has 1 aliphatic carbocycles. The van der Waals surface area contributed by atoms with Crippen molar-refractivity contribution in [2.45, 2.75) is 32.2 Å². The second-order valence-corrected chi connectivity index (χ2v) is 5.51. The van der Waals surface area contributed by atoms with Crippen LogP contribution < -0.4 is 5.32 Å². The lowest BCUT2D eigenvalue weighted by atomic mass is 10.0. The molecule has 1 N–H and O–H groups in total. The predicted molar refractivity (Wildman–Crippen MR) is 70.9 cm³/mol. The first-order valence-corrected chi connectivity index (χ1v) is 6.74. The molecule has 1 aromatic rings. The molecule has 1 atom stereocenters. The van der Waals surface area contributed by atoms with Gasteiger partial charge >= 0.3 is 0 Å². The Morgan fingerprint density at radius 3 is 2.68 bits per heavy atom. The molecule has 1 aromatic carbocycles. The van der Waals surface area contributed by atoms with Gasteiger partial charge in [0, 0.05) is 37.9 Å². The average molecular weight is 269 g/mol. The second-order valence-electron chi connectivity index (χ2n) is 5.51. The maximum absolute atomic E-state index is 13.6. The number of hydrogen-bond donors (Lipinski definition) is 1. The number of methoxy groups -OCH3 is 1. The number of hydrogen-bond acceptors (Lipinski definition) is 2. The van der Waals surface area contributed by atoms with Crippen molar-refractivity contribution in [3.8, 4) is 0 Å². The molecule has 4 heteroatoms. The molecule has 0 heterocycles. The lowest BCUT2D eigenvalue weighted by Gasteiger charge is -2.20. The number of rotatable bonds is 7. The summed E-state index contributed by atoms with van der Waals surface area (Å²) in [7, 11) is 1.71. The SMILES string of the molecule is COCCC1(CNC(C)c2ccc(F)cc2F)CC1. The topological polar surface area (TPSA) is 21.3 Å². The van der Waals surface area contributed by atoms with Gasteiger partial charge < -0.3 is 10.1 Å². The fourth-order valence-electron chi connectivity index (χ4n) is 2.34. The summed E-state index contributed by atoms with van der Waals surface area (Å²) in [5, 5.41) is 3.35. The zero-order chi connectivity index (χ0) is 13.9. The fourth-order valence-corrected chi connectivity index (χ4v) is 2.34. The smallest absolute Gasteiger partial charge is 0.130 e. The van der Waals surface area contributed by atoms with Crippen molar-refractivity contribution in [2.24, 2.45) is 5.41 Å². The Morgan fingerprint density at radius 2 is 2.11 bits per heavy atom. The lowest BCUT2D eigenvalue weighted by Crippen LogP contribution is -2.28. The summed E-state index contributed by atoms with van der Waals surface area (Å²) in [6.07, 6.45) is 3.43. The molecule has 1 unspecified atom stereocenters. The summed E-state index contributed by atoms with van der Waals surface area (Å²) < 4.78 is 31.6. The Morgan fingerprint density at radius 1 is 1.37 bits per heavy atom. The second kappa shape index (κ2) is 5.97. The molecular formula is C15H21F2NO. The van der Waals surface area contributed by atoms with Gasteiger partial charge in [0.25, 0.3) is 0 Å². The molecule has 0 radical (unpaired) electrons. The highest BCUT2D eigenvalue weighted by Gasteiger charge is 2.41. The molecule has 1 fully saturated rings. The highest BCUT2D eigenvalue weighted by atomic mass is 19.1. The summed E-state index contributed by atoms with van der Waals surface area (Å²) >= 11 is 0. The number of halogens is 2. The molecule has 2 nitrogen and oxygen atoms in total.